The lowest BCUT2D eigenvalue weighted by atomic mass is 10.1. The van der Waals surface area contributed by atoms with Gasteiger partial charge in [0.05, 0.1) is 27.7 Å². The minimum Gasteiger partial charge on any atom is -0.756 e. The van der Waals surface area contributed by atoms with Crippen LogP contribution in [0.1, 0.15) is 155 Å². The monoisotopic (exact) mass is 806 g/mol. The molecule has 0 aromatic rings. The molecule has 10 heteroatoms. The summed E-state index contributed by atoms with van der Waals surface area (Å²) in [5.41, 5.74) is 0. The van der Waals surface area contributed by atoms with E-state index in [1.54, 1.807) is 0 Å². The molecule has 2 atom stereocenters. The van der Waals surface area contributed by atoms with Crippen molar-refractivity contribution in [1.82, 2.24) is 0 Å². The van der Waals surface area contributed by atoms with Crippen LogP contribution in [0, 0.1) is 0 Å². The number of nitrogens with zero attached hydrogens (tertiary/aromatic N) is 1. The number of esters is 2. The number of rotatable bonds is 38. The summed E-state index contributed by atoms with van der Waals surface area (Å²) in [5.74, 6) is -0.865. The van der Waals surface area contributed by atoms with Gasteiger partial charge in [0, 0.05) is 12.8 Å². The molecular weight excluding hydrogens is 725 g/mol. The number of phosphoric ester groups is 1. The van der Waals surface area contributed by atoms with Gasteiger partial charge in [0.25, 0.3) is 7.82 Å². The quantitative estimate of drug-likeness (QED) is 0.0199. The molecule has 0 bridgehead atoms. The van der Waals surface area contributed by atoms with E-state index in [1.165, 1.54) is 19.3 Å². The van der Waals surface area contributed by atoms with Crippen molar-refractivity contribution in [2.24, 2.45) is 0 Å². The van der Waals surface area contributed by atoms with Gasteiger partial charge in [-0.05, 0) is 64.2 Å². The van der Waals surface area contributed by atoms with Gasteiger partial charge in [0.1, 0.15) is 19.8 Å². The second-order valence-corrected chi connectivity index (χ2v) is 16.7. The van der Waals surface area contributed by atoms with E-state index in [0.29, 0.717) is 17.4 Å². The summed E-state index contributed by atoms with van der Waals surface area (Å²) in [6.45, 7) is 4.02. The molecule has 0 saturated carbocycles. The number of hydrogen-bond donors (Lipinski definition) is 0. The number of carbonyl (C=O) groups is 2. The van der Waals surface area contributed by atoms with Gasteiger partial charge in [-0.2, -0.15) is 0 Å². The number of ether oxygens (including phenoxy) is 2. The number of unbranched alkanes of at least 4 members (excludes halogenated alkanes) is 12. The van der Waals surface area contributed by atoms with Crippen LogP contribution >= 0.6 is 7.82 Å². The minimum absolute atomic E-state index is 0.0370. The zero-order valence-electron chi connectivity index (χ0n) is 36.1. The normalized spacial score (nSPS) is 14.3. The second kappa shape index (κ2) is 38.0. The number of likely N-dealkylation sites (N-methyl/N-ethyl adjacent to an activating group) is 1. The highest BCUT2D eigenvalue weighted by atomic mass is 31.2. The molecule has 0 spiro atoms. The van der Waals surface area contributed by atoms with Crippen LogP contribution in [0.25, 0.3) is 0 Å². The molecule has 0 fully saturated rings. The van der Waals surface area contributed by atoms with Gasteiger partial charge in [-0.3, -0.25) is 14.2 Å². The third kappa shape index (κ3) is 41.1. The minimum atomic E-state index is -4.62. The van der Waals surface area contributed by atoms with Gasteiger partial charge < -0.3 is 27.9 Å². The van der Waals surface area contributed by atoms with Crippen molar-refractivity contribution >= 4 is 19.8 Å². The lowest BCUT2D eigenvalue weighted by molar-refractivity contribution is -0.870. The van der Waals surface area contributed by atoms with Crippen molar-refractivity contribution in [2.75, 3.05) is 47.5 Å². The third-order valence-electron chi connectivity index (χ3n) is 8.74. The topological polar surface area (TPSA) is 111 Å². The van der Waals surface area contributed by atoms with Gasteiger partial charge in [0.2, 0.25) is 0 Å². The Kier molecular flexibility index (Phi) is 36.3. The molecule has 56 heavy (non-hydrogen) atoms. The number of phosphoric acid groups is 1. The molecule has 0 saturated heterocycles. The maximum absolute atomic E-state index is 12.6. The molecular formula is C46H80NO8P. The van der Waals surface area contributed by atoms with Crippen molar-refractivity contribution in [3.63, 3.8) is 0 Å². The van der Waals surface area contributed by atoms with Crippen LogP contribution in [-0.2, 0) is 32.7 Å². The van der Waals surface area contributed by atoms with Crippen LogP contribution in [0.3, 0.4) is 0 Å². The fourth-order valence-electron chi connectivity index (χ4n) is 5.36. The van der Waals surface area contributed by atoms with Gasteiger partial charge >= 0.3 is 11.9 Å². The van der Waals surface area contributed by atoms with Gasteiger partial charge in [-0.15, -0.1) is 0 Å². The van der Waals surface area contributed by atoms with Crippen LogP contribution < -0.4 is 4.89 Å². The molecule has 0 heterocycles. The highest BCUT2D eigenvalue weighted by Crippen LogP contribution is 2.38. The predicted octanol–water partition coefficient (Wildman–Crippen LogP) is 11.6. The van der Waals surface area contributed by atoms with Crippen LogP contribution in [0.2, 0.25) is 0 Å². The average Bonchev–Trinajstić information content (AvgIpc) is 3.15. The molecule has 0 N–H and O–H groups in total. The van der Waals surface area contributed by atoms with E-state index in [0.717, 1.165) is 103 Å². The summed E-state index contributed by atoms with van der Waals surface area (Å²) in [7, 11) is 1.14. The molecule has 0 aromatic carbocycles. The zero-order valence-corrected chi connectivity index (χ0v) is 36.9. The largest absolute Gasteiger partial charge is 0.756 e. The van der Waals surface area contributed by atoms with Crippen molar-refractivity contribution in [3.05, 3.63) is 72.9 Å². The van der Waals surface area contributed by atoms with Gasteiger partial charge in [-0.25, -0.2) is 0 Å². The molecule has 0 aliphatic rings. The number of allylic oxidation sites excluding steroid dienone is 12. The Labute approximate surface area is 342 Å². The molecule has 322 valence electrons. The van der Waals surface area contributed by atoms with E-state index in [9.17, 15) is 19.0 Å². The Morgan fingerprint density at radius 1 is 0.571 bits per heavy atom. The number of carbonyl (C=O) groups excluding carboxylic acids is 2. The van der Waals surface area contributed by atoms with Crippen molar-refractivity contribution in [1.29, 1.82) is 0 Å². The first-order valence-electron chi connectivity index (χ1n) is 21.6. The van der Waals surface area contributed by atoms with E-state index < -0.39 is 32.5 Å². The van der Waals surface area contributed by atoms with Crippen LogP contribution in [0.5, 0.6) is 0 Å². The van der Waals surface area contributed by atoms with Crippen molar-refractivity contribution in [3.8, 4) is 0 Å². The third-order valence-corrected chi connectivity index (χ3v) is 9.71. The van der Waals surface area contributed by atoms with E-state index in [1.807, 2.05) is 21.1 Å². The van der Waals surface area contributed by atoms with Crippen LogP contribution in [0.15, 0.2) is 72.9 Å². The zero-order chi connectivity index (χ0) is 41.4. The fraction of sp³-hybridized carbons (Fsp3) is 0.696. The number of hydrogen-bond acceptors (Lipinski definition) is 8. The highest BCUT2D eigenvalue weighted by Gasteiger charge is 2.21. The molecule has 0 rings (SSSR count). The standard InChI is InChI=1S/C46H80NO8P/c1-6-8-10-12-14-15-16-17-18-19-20-21-22-23-24-25-26-27-28-29-30-31-33-35-37-39-46(49)55-44(43-54-56(50,51)53-41-40-47(3,4)5)42-52-45(48)38-36-34-32-13-11-9-7-2/h8,10,14-15,17-18,20-21,23-24,26-27,44H,6-7,9,11-13,16,19,22,25,28-43H2,1-5H3/b10-8-,15-14-,18-17-,21-20-,24-23-,27-26-. The van der Waals surface area contributed by atoms with E-state index >= 15 is 0 Å². The van der Waals surface area contributed by atoms with Crippen LogP contribution in [0.4, 0.5) is 0 Å². The van der Waals surface area contributed by atoms with E-state index in [4.69, 9.17) is 18.5 Å². The molecule has 0 aliphatic carbocycles. The summed E-state index contributed by atoms with van der Waals surface area (Å²) < 4.78 is 33.7. The lowest BCUT2D eigenvalue weighted by Gasteiger charge is -2.28. The lowest BCUT2D eigenvalue weighted by Crippen LogP contribution is -2.37. The van der Waals surface area contributed by atoms with Crippen LogP contribution in [-0.4, -0.2) is 70.0 Å². The van der Waals surface area contributed by atoms with E-state index in [-0.39, 0.29) is 26.1 Å². The highest BCUT2D eigenvalue weighted by molar-refractivity contribution is 7.45. The summed E-state index contributed by atoms with van der Waals surface area (Å²) in [5, 5.41) is 0. The molecule has 0 radical (unpaired) electrons. The molecule has 2 unspecified atom stereocenters. The maximum Gasteiger partial charge on any atom is 0.306 e. The average molecular weight is 806 g/mol. The second-order valence-electron chi connectivity index (χ2n) is 15.3. The fourth-order valence-corrected chi connectivity index (χ4v) is 6.09. The Morgan fingerprint density at radius 3 is 1.52 bits per heavy atom. The summed E-state index contributed by atoms with van der Waals surface area (Å²) in [6, 6.07) is 0. The number of quaternary nitrogens is 1. The van der Waals surface area contributed by atoms with Crippen molar-refractivity contribution in [2.45, 2.75) is 161 Å². The first-order valence-corrected chi connectivity index (χ1v) is 23.1. The maximum atomic E-state index is 12.6. The summed E-state index contributed by atoms with van der Waals surface area (Å²) in [6.07, 6.45) is 46.7. The SMILES string of the molecule is CC/C=C\C/C=C\C/C=C\C/C=C\C/C=C\C/C=C\CCCCCCCCC(=O)OC(COC(=O)CCCCCCCCC)COP(=O)([O-])OCC[N+](C)(C)C. The molecule has 0 aliphatic heterocycles. The first-order chi connectivity index (χ1) is 27.0. The first kappa shape index (κ1) is 53.5. The van der Waals surface area contributed by atoms with Gasteiger partial charge in [0.15, 0.2) is 6.10 Å². The summed E-state index contributed by atoms with van der Waals surface area (Å²) >= 11 is 0. The van der Waals surface area contributed by atoms with Gasteiger partial charge in [-0.1, -0.05) is 151 Å². The molecule has 0 aromatic heterocycles. The predicted molar refractivity (Wildman–Crippen MR) is 231 cm³/mol. The Bertz CT molecular complexity index is 1180. The smallest absolute Gasteiger partial charge is 0.306 e. The Morgan fingerprint density at radius 2 is 1.02 bits per heavy atom. The molecule has 9 nitrogen and oxygen atoms in total. The Hall–Kier alpha value is -2.55. The molecule has 0 amide bonds. The summed E-state index contributed by atoms with van der Waals surface area (Å²) in [4.78, 5) is 37.3. The van der Waals surface area contributed by atoms with E-state index in [2.05, 4.69) is 86.8 Å². The Balaban J connectivity index is 4.26. The van der Waals surface area contributed by atoms with Crippen molar-refractivity contribution < 1.29 is 42.1 Å².